The number of nitrogens with zero attached hydrogens (tertiary/aromatic N) is 3. The van der Waals surface area contributed by atoms with Crippen LogP contribution in [0.2, 0.25) is 10.0 Å². The van der Waals surface area contributed by atoms with Gasteiger partial charge in [-0.15, -0.1) is 0 Å². The third-order valence-electron chi connectivity index (χ3n) is 5.63. The first kappa shape index (κ1) is 22.9. The molecule has 0 atom stereocenters. The number of fused-ring (bicyclic) bond motifs is 2. The molecule has 0 aliphatic heterocycles. The van der Waals surface area contributed by atoms with Crippen molar-refractivity contribution in [1.82, 2.24) is 14.5 Å². The van der Waals surface area contributed by atoms with Crippen molar-refractivity contribution in [2.75, 3.05) is 11.1 Å². The second kappa shape index (κ2) is 9.78. The van der Waals surface area contributed by atoms with Gasteiger partial charge in [0.25, 0.3) is 5.56 Å². The van der Waals surface area contributed by atoms with Crippen LogP contribution in [0.1, 0.15) is 24.1 Å². The zero-order valence-electron chi connectivity index (χ0n) is 18.1. The van der Waals surface area contributed by atoms with E-state index in [1.807, 2.05) is 6.07 Å². The molecule has 1 aliphatic rings. The maximum Gasteiger partial charge on any atom is 0.268 e. The second-order valence-corrected chi connectivity index (χ2v) is 9.85. The summed E-state index contributed by atoms with van der Waals surface area (Å²) in [7, 11) is 0. The third kappa shape index (κ3) is 4.82. The van der Waals surface area contributed by atoms with Gasteiger partial charge in [0.1, 0.15) is 0 Å². The van der Waals surface area contributed by atoms with E-state index in [9.17, 15) is 9.59 Å². The maximum absolute atomic E-state index is 13.6. The van der Waals surface area contributed by atoms with Gasteiger partial charge in [0.05, 0.1) is 16.8 Å². The molecule has 1 N–H and O–H groups in total. The molecule has 0 spiro atoms. The number of halogens is 2. The van der Waals surface area contributed by atoms with Crippen LogP contribution < -0.4 is 10.9 Å². The largest absolute Gasteiger partial charge is 0.325 e. The fraction of sp³-hybridized carbons (Fsp3) is 0.200. The molecule has 0 unspecified atom stereocenters. The number of aryl methyl sites for hydroxylation is 2. The number of nitrogens with one attached hydrogen (secondary N) is 1. The van der Waals surface area contributed by atoms with Gasteiger partial charge in [-0.3, -0.25) is 14.2 Å². The second-order valence-electron chi connectivity index (χ2n) is 8.03. The summed E-state index contributed by atoms with van der Waals surface area (Å²) >= 11 is 13.3. The van der Waals surface area contributed by atoms with Gasteiger partial charge in [0, 0.05) is 21.4 Å². The van der Waals surface area contributed by atoms with E-state index in [4.69, 9.17) is 33.2 Å². The number of amides is 1. The minimum Gasteiger partial charge on any atom is -0.325 e. The highest BCUT2D eigenvalue weighted by atomic mass is 35.5. The number of carbonyl (C=O) groups excluding carboxylic acids is 1. The topological polar surface area (TPSA) is 76.9 Å². The van der Waals surface area contributed by atoms with E-state index in [1.165, 1.54) is 16.3 Å². The van der Waals surface area contributed by atoms with Gasteiger partial charge in [-0.1, -0.05) is 41.0 Å². The molecular formula is C25H20Cl2N4O2S. The van der Waals surface area contributed by atoms with Crippen LogP contribution in [0.3, 0.4) is 0 Å². The number of aromatic nitrogens is 3. The molecule has 0 bridgehead atoms. The van der Waals surface area contributed by atoms with Crippen LogP contribution in [0.4, 0.5) is 5.69 Å². The molecule has 0 saturated heterocycles. The summed E-state index contributed by atoms with van der Waals surface area (Å²) in [6.45, 7) is 0. The molecule has 6 nitrogen and oxygen atoms in total. The van der Waals surface area contributed by atoms with Crippen molar-refractivity contribution in [2.45, 2.75) is 30.8 Å². The predicted molar refractivity (Wildman–Crippen MR) is 138 cm³/mol. The number of carbonyl (C=O) groups is 1. The number of benzene rings is 2. The summed E-state index contributed by atoms with van der Waals surface area (Å²) in [5.74, 6) is -0.163. The van der Waals surface area contributed by atoms with E-state index in [0.29, 0.717) is 37.6 Å². The van der Waals surface area contributed by atoms with E-state index in [2.05, 4.69) is 5.32 Å². The summed E-state index contributed by atoms with van der Waals surface area (Å²) in [4.78, 5) is 35.7. The summed E-state index contributed by atoms with van der Waals surface area (Å²) in [5.41, 5.74) is 3.52. The molecule has 172 valence electrons. The molecule has 9 heteroatoms. The van der Waals surface area contributed by atoms with Crippen molar-refractivity contribution in [1.29, 1.82) is 0 Å². The van der Waals surface area contributed by atoms with Gasteiger partial charge < -0.3 is 5.32 Å². The average molecular weight is 511 g/mol. The van der Waals surface area contributed by atoms with Crippen molar-refractivity contribution in [2.24, 2.45) is 0 Å². The van der Waals surface area contributed by atoms with E-state index in [-0.39, 0.29) is 17.2 Å². The molecule has 0 fully saturated rings. The van der Waals surface area contributed by atoms with Crippen LogP contribution in [0.5, 0.6) is 0 Å². The molecule has 1 amide bonds. The van der Waals surface area contributed by atoms with Crippen LogP contribution in [-0.2, 0) is 17.6 Å². The quantitative estimate of drug-likeness (QED) is 0.275. The SMILES string of the molecule is O=C(CSc1nc2nc3c(cc2c(=O)n1-c1cccc(Cl)c1)CCCC3)Nc1ccc(Cl)cc1. The Morgan fingerprint density at radius 3 is 2.59 bits per heavy atom. The summed E-state index contributed by atoms with van der Waals surface area (Å²) < 4.78 is 1.51. The number of anilines is 1. The van der Waals surface area contributed by atoms with Gasteiger partial charge in [-0.25, -0.2) is 9.97 Å². The Morgan fingerprint density at radius 2 is 1.79 bits per heavy atom. The first-order chi connectivity index (χ1) is 16.5. The first-order valence-electron chi connectivity index (χ1n) is 10.9. The van der Waals surface area contributed by atoms with Gasteiger partial charge in [-0.05, 0) is 79.8 Å². The Labute approximate surface area is 210 Å². The highest BCUT2D eigenvalue weighted by molar-refractivity contribution is 7.99. The van der Waals surface area contributed by atoms with Gasteiger partial charge >= 0.3 is 0 Å². The van der Waals surface area contributed by atoms with E-state index < -0.39 is 0 Å². The van der Waals surface area contributed by atoms with Crippen molar-refractivity contribution < 1.29 is 4.79 Å². The van der Waals surface area contributed by atoms with E-state index in [1.54, 1.807) is 48.5 Å². The van der Waals surface area contributed by atoms with Crippen molar-refractivity contribution >= 4 is 57.6 Å². The number of rotatable bonds is 5. The highest BCUT2D eigenvalue weighted by Gasteiger charge is 2.19. The monoisotopic (exact) mass is 510 g/mol. The Morgan fingerprint density at radius 1 is 1.00 bits per heavy atom. The molecule has 4 aromatic rings. The summed E-state index contributed by atoms with van der Waals surface area (Å²) in [5, 5.41) is 4.78. The fourth-order valence-corrected chi connectivity index (χ4v) is 5.12. The van der Waals surface area contributed by atoms with Crippen LogP contribution >= 0.6 is 35.0 Å². The molecule has 5 rings (SSSR count). The minimum atomic E-state index is -0.228. The minimum absolute atomic E-state index is 0.0616. The molecular weight excluding hydrogens is 491 g/mol. The first-order valence-corrected chi connectivity index (χ1v) is 12.6. The van der Waals surface area contributed by atoms with Crippen LogP contribution in [0.15, 0.2) is 64.5 Å². The van der Waals surface area contributed by atoms with Crippen LogP contribution in [-0.4, -0.2) is 26.2 Å². The Hall–Kier alpha value is -2.87. The number of hydrogen-bond donors (Lipinski definition) is 1. The Balaban J connectivity index is 1.53. The van der Waals surface area contributed by atoms with Crippen LogP contribution in [0, 0.1) is 0 Å². The van der Waals surface area contributed by atoms with Crippen LogP contribution in [0.25, 0.3) is 16.7 Å². The zero-order valence-corrected chi connectivity index (χ0v) is 20.4. The molecule has 0 radical (unpaired) electrons. The van der Waals surface area contributed by atoms with Crippen molar-refractivity contribution in [3.63, 3.8) is 0 Å². The molecule has 1 aliphatic carbocycles. The van der Waals surface area contributed by atoms with Gasteiger partial charge in [0.2, 0.25) is 5.91 Å². The smallest absolute Gasteiger partial charge is 0.268 e. The summed E-state index contributed by atoms with van der Waals surface area (Å²) in [6, 6.07) is 15.8. The lowest BCUT2D eigenvalue weighted by Crippen LogP contribution is -2.24. The zero-order chi connectivity index (χ0) is 23.7. The van der Waals surface area contributed by atoms with Gasteiger partial charge in [0.15, 0.2) is 10.8 Å². The van der Waals surface area contributed by atoms with Gasteiger partial charge in [-0.2, -0.15) is 0 Å². The maximum atomic E-state index is 13.6. The lowest BCUT2D eigenvalue weighted by atomic mass is 9.95. The van der Waals surface area contributed by atoms with E-state index in [0.717, 1.165) is 36.9 Å². The average Bonchev–Trinajstić information content (AvgIpc) is 2.83. The summed E-state index contributed by atoms with van der Waals surface area (Å²) in [6.07, 6.45) is 3.97. The Kier molecular flexibility index (Phi) is 6.59. The Bertz CT molecular complexity index is 1450. The normalized spacial score (nSPS) is 13.0. The molecule has 34 heavy (non-hydrogen) atoms. The lowest BCUT2D eigenvalue weighted by Gasteiger charge is -2.17. The molecule has 2 aromatic carbocycles. The molecule has 2 heterocycles. The van der Waals surface area contributed by atoms with Crippen molar-refractivity contribution in [3.05, 3.63) is 86.3 Å². The number of thioether (sulfide) groups is 1. The fourth-order valence-electron chi connectivity index (χ4n) is 4.01. The highest BCUT2D eigenvalue weighted by Crippen LogP contribution is 2.26. The lowest BCUT2D eigenvalue weighted by molar-refractivity contribution is -0.113. The third-order valence-corrected chi connectivity index (χ3v) is 7.06. The standard InChI is InChI=1S/C25H20Cl2N4O2S/c26-16-8-10-18(11-9-16)28-22(32)14-34-25-30-23-20(12-15-4-1-2-7-21(15)29-23)24(33)31(25)19-6-3-5-17(27)13-19/h3,5-6,8-13H,1-2,4,7,14H2,(H,28,32). The van der Waals surface area contributed by atoms with Crippen molar-refractivity contribution in [3.8, 4) is 5.69 Å². The molecule has 0 saturated carbocycles. The number of pyridine rings is 1. The number of hydrogen-bond acceptors (Lipinski definition) is 5. The van der Waals surface area contributed by atoms with E-state index >= 15 is 0 Å². The predicted octanol–water partition coefficient (Wildman–Crippen LogP) is 5.70. The molecule has 2 aromatic heterocycles.